The Morgan fingerprint density at radius 3 is 1.94 bits per heavy atom. The van der Waals surface area contributed by atoms with Gasteiger partial charge in [0.05, 0.1) is 5.69 Å². The van der Waals surface area contributed by atoms with Gasteiger partial charge < -0.3 is 9.32 Å². The molecule has 49 heavy (non-hydrogen) atoms. The Morgan fingerprint density at radius 1 is 0.469 bits per heavy atom. The van der Waals surface area contributed by atoms with Crippen LogP contribution in [0.4, 0.5) is 17.1 Å². The molecule has 2 aliphatic carbocycles. The SMILES string of the molecule is Cc1ccccc1N(c1ccc2cc3c(cc2c1)C(C)(C)c1cc2c(cc1-3)C(C)(C)c1ccccc1-2)c1cccc2c1oc1ccccc12. The van der Waals surface area contributed by atoms with Gasteiger partial charge in [0, 0.05) is 33.0 Å². The average molecular weight is 632 g/mol. The summed E-state index contributed by atoms with van der Waals surface area (Å²) in [7, 11) is 0. The third-order valence-electron chi connectivity index (χ3n) is 11.6. The van der Waals surface area contributed by atoms with Crippen molar-refractivity contribution in [2.75, 3.05) is 4.90 Å². The Hall–Kier alpha value is -5.60. The van der Waals surface area contributed by atoms with Gasteiger partial charge in [0.15, 0.2) is 5.58 Å². The van der Waals surface area contributed by atoms with Crippen molar-refractivity contribution in [2.24, 2.45) is 0 Å². The summed E-state index contributed by atoms with van der Waals surface area (Å²) >= 11 is 0. The zero-order chi connectivity index (χ0) is 33.2. The Balaban J connectivity index is 1.16. The second-order valence-corrected chi connectivity index (χ2v) is 15.0. The molecule has 8 aromatic rings. The topological polar surface area (TPSA) is 16.4 Å². The fourth-order valence-electron chi connectivity index (χ4n) is 8.93. The Bertz CT molecular complexity index is 2690. The lowest BCUT2D eigenvalue weighted by Crippen LogP contribution is -2.17. The van der Waals surface area contributed by atoms with Crippen molar-refractivity contribution in [1.29, 1.82) is 0 Å². The molecule has 0 fully saturated rings. The number of aryl methyl sites for hydroxylation is 1. The smallest absolute Gasteiger partial charge is 0.159 e. The van der Waals surface area contributed by atoms with E-state index in [-0.39, 0.29) is 10.8 Å². The van der Waals surface area contributed by atoms with Crippen LogP contribution in [0.2, 0.25) is 0 Å². The van der Waals surface area contributed by atoms with Crippen molar-refractivity contribution in [3.63, 3.8) is 0 Å². The highest BCUT2D eigenvalue weighted by atomic mass is 16.3. The lowest BCUT2D eigenvalue weighted by atomic mass is 9.79. The summed E-state index contributed by atoms with van der Waals surface area (Å²) in [5, 5.41) is 4.76. The minimum absolute atomic E-state index is 0.0265. The van der Waals surface area contributed by atoms with Gasteiger partial charge >= 0.3 is 0 Å². The van der Waals surface area contributed by atoms with E-state index in [9.17, 15) is 0 Å². The van der Waals surface area contributed by atoms with E-state index in [0.717, 1.165) is 39.0 Å². The lowest BCUT2D eigenvalue weighted by molar-refractivity contribution is 0.652. The number of para-hydroxylation sites is 3. The molecular formula is C47H37NO. The van der Waals surface area contributed by atoms with Gasteiger partial charge in [-0.25, -0.2) is 0 Å². The Labute approximate surface area is 287 Å². The van der Waals surface area contributed by atoms with Crippen LogP contribution in [0, 0.1) is 6.92 Å². The van der Waals surface area contributed by atoms with Crippen LogP contribution in [0.1, 0.15) is 55.5 Å². The number of nitrogens with zero attached hydrogens (tertiary/aromatic N) is 1. The molecule has 0 spiro atoms. The predicted octanol–water partition coefficient (Wildman–Crippen LogP) is 13.1. The van der Waals surface area contributed by atoms with Gasteiger partial charge in [0.2, 0.25) is 0 Å². The number of hydrogen-bond acceptors (Lipinski definition) is 2. The van der Waals surface area contributed by atoms with Gasteiger partial charge in [0.25, 0.3) is 0 Å². The molecule has 0 saturated carbocycles. The molecule has 0 amide bonds. The Morgan fingerprint density at radius 2 is 1.10 bits per heavy atom. The third-order valence-corrected chi connectivity index (χ3v) is 11.6. The number of rotatable bonds is 3. The van der Waals surface area contributed by atoms with E-state index in [1.165, 1.54) is 60.8 Å². The zero-order valence-electron chi connectivity index (χ0n) is 28.6. The first-order valence-electron chi connectivity index (χ1n) is 17.4. The first kappa shape index (κ1) is 28.4. The van der Waals surface area contributed by atoms with Gasteiger partial charge in [-0.05, 0) is 122 Å². The normalized spacial score (nSPS) is 15.0. The fraction of sp³-hybridized carbons (Fsp3) is 0.149. The molecule has 0 unspecified atom stereocenters. The maximum Gasteiger partial charge on any atom is 0.159 e. The molecule has 1 aromatic heterocycles. The van der Waals surface area contributed by atoms with E-state index < -0.39 is 0 Å². The quantitative estimate of drug-likeness (QED) is 0.193. The molecule has 236 valence electrons. The standard InChI is InChI=1S/C47H37NO/c1-28-13-6-10-18-42(28)48(43-19-12-16-34-33-15-8-11-20-44(33)49-45(34)43)31-22-21-29-24-35-37-27-40-36(32-14-7-9-17-38(32)46(40,2)3)26-41(37)47(4,5)39(35)25-30(29)23-31/h6-27H,1-5H3. The molecule has 0 saturated heterocycles. The minimum Gasteiger partial charge on any atom is -0.454 e. The molecule has 1 heterocycles. The summed E-state index contributed by atoms with van der Waals surface area (Å²) in [6, 6.07) is 49.2. The summed E-state index contributed by atoms with van der Waals surface area (Å²) in [5.41, 5.74) is 17.3. The molecule has 0 bridgehead atoms. The second kappa shape index (κ2) is 9.74. The first-order chi connectivity index (χ1) is 23.7. The number of benzene rings is 7. The molecule has 10 rings (SSSR count). The lowest BCUT2D eigenvalue weighted by Gasteiger charge is -2.27. The molecule has 2 nitrogen and oxygen atoms in total. The van der Waals surface area contributed by atoms with E-state index in [1.54, 1.807) is 0 Å². The van der Waals surface area contributed by atoms with Crippen molar-refractivity contribution in [1.82, 2.24) is 0 Å². The largest absolute Gasteiger partial charge is 0.454 e. The molecule has 2 aliphatic rings. The van der Waals surface area contributed by atoms with Crippen LogP contribution >= 0.6 is 0 Å². The average Bonchev–Trinajstić information content (AvgIpc) is 3.68. The fourth-order valence-corrected chi connectivity index (χ4v) is 8.93. The number of furan rings is 1. The highest BCUT2D eigenvalue weighted by Gasteiger charge is 2.41. The van der Waals surface area contributed by atoms with E-state index in [2.05, 4.69) is 167 Å². The first-order valence-corrected chi connectivity index (χ1v) is 17.4. The van der Waals surface area contributed by atoms with Crippen LogP contribution in [0.25, 0.3) is 55.0 Å². The van der Waals surface area contributed by atoms with Crippen molar-refractivity contribution < 1.29 is 4.42 Å². The molecule has 0 aliphatic heterocycles. The van der Waals surface area contributed by atoms with Crippen LogP contribution in [0.3, 0.4) is 0 Å². The van der Waals surface area contributed by atoms with Gasteiger partial charge in [-0.15, -0.1) is 0 Å². The zero-order valence-corrected chi connectivity index (χ0v) is 28.6. The van der Waals surface area contributed by atoms with Crippen LogP contribution < -0.4 is 4.90 Å². The second-order valence-electron chi connectivity index (χ2n) is 15.0. The van der Waals surface area contributed by atoms with Crippen LogP contribution in [0.5, 0.6) is 0 Å². The van der Waals surface area contributed by atoms with Gasteiger partial charge in [-0.3, -0.25) is 0 Å². The van der Waals surface area contributed by atoms with Crippen LogP contribution in [0.15, 0.2) is 138 Å². The molecule has 7 aromatic carbocycles. The molecule has 0 radical (unpaired) electrons. The Kier molecular flexibility index (Phi) is 5.65. The molecule has 0 atom stereocenters. The van der Waals surface area contributed by atoms with E-state index >= 15 is 0 Å². The maximum absolute atomic E-state index is 6.59. The highest BCUT2D eigenvalue weighted by Crippen LogP contribution is 2.56. The minimum atomic E-state index is -0.124. The van der Waals surface area contributed by atoms with E-state index in [0.29, 0.717) is 0 Å². The molecular weight excluding hydrogens is 595 g/mol. The third kappa shape index (κ3) is 3.83. The van der Waals surface area contributed by atoms with Crippen LogP contribution in [-0.2, 0) is 10.8 Å². The molecule has 0 N–H and O–H groups in total. The molecule has 2 heteroatoms. The van der Waals surface area contributed by atoms with Crippen LogP contribution in [-0.4, -0.2) is 0 Å². The van der Waals surface area contributed by atoms with Crippen molar-refractivity contribution >= 4 is 49.8 Å². The number of fused-ring (bicyclic) bond motifs is 10. The summed E-state index contributed by atoms with van der Waals surface area (Å²) in [6.45, 7) is 11.7. The summed E-state index contributed by atoms with van der Waals surface area (Å²) in [6.07, 6.45) is 0. The van der Waals surface area contributed by atoms with E-state index in [4.69, 9.17) is 4.42 Å². The number of anilines is 3. The van der Waals surface area contributed by atoms with Gasteiger partial charge in [-0.2, -0.15) is 0 Å². The van der Waals surface area contributed by atoms with Crippen molar-refractivity contribution in [2.45, 2.75) is 45.4 Å². The predicted molar refractivity (Wildman–Crippen MR) is 206 cm³/mol. The highest BCUT2D eigenvalue weighted by molar-refractivity contribution is 6.10. The van der Waals surface area contributed by atoms with E-state index in [1.807, 2.05) is 6.07 Å². The summed E-state index contributed by atoms with van der Waals surface area (Å²) in [5.74, 6) is 0. The van der Waals surface area contributed by atoms with Crippen molar-refractivity contribution in [3.8, 4) is 22.3 Å². The van der Waals surface area contributed by atoms with Crippen molar-refractivity contribution in [3.05, 3.63) is 161 Å². The van der Waals surface area contributed by atoms with Gasteiger partial charge in [-0.1, -0.05) is 107 Å². The van der Waals surface area contributed by atoms with Gasteiger partial charge in [0.1, 0.15) is 5.58 Å². The maximum atomic E-state index is 6.59. The number of hydrogen-bond donors (Lipinski definition) is 0. The monoisotopic (exact) mass is 631 g/mol. The summed E-state index contributed by atoms with van der Waals surface area (Å²) in [4.78, 5) is 2.37. The summed E-state index contributed by atoms with van der Waals surface area (Å²) < 4.78 is 6.59.